The van der Waals surface area contributed by atoms with E-state index in [2.05, 4.69) is 10.3 Å². The Morgan fingerprint density at radius 1 is 1.19 bits per heavy atom. The highest BCUT2D eigenvalue weighted by Crippen LogP contribution is 2.25. The van der Waals surface area contributed by atoms with E-state index in [1.165, 1.54) is 0 Å². The van der Waals surface area contributed by atoms with Crippen molar-refractivity contribution in [3.63, 3.8) is 0 Å². The molecule has 7 heteroatoms. The zero-order chi connectivity index (χ0) is 18.7. The zero-order valence-corrected chi connectivity index (χ0v) is 15.8. The molecule has 1 amide bonds. The molecule has 0 aliphatic carbocycles. The van der Waals surface area contributed by atoms with Crippen molar-refractivity contribution in [2.45, 2.75) is 13.5 Å². The van der Waals surface area contributed by atoms with E-state index in [1.807, 2.05) is 29.8 Å². The number of aryl methyl sites for hydroxylation is 1. The minimum Gasteiger partial charge on any atom is -0.495 e. The van der Waals surface area contributed by atoms with Crippen LogP contribution in [-0.4, -0.2) is 22.6 Å². The highest BCUT2D eigenvalue weighted by Gasteiger charge is 2.12. The van der Waals surface area contributed by atoms with Gasteiger partial charge in [-0.25, -0.2) is 4.98 Å². The Balaban J connectivity index is 1.76. The van der Waals surface area contributed by atoms with Gasteiger partial charge in [-0.15, -0.1) is 0 Å². The van der Waals surface area contributed by atoms with Crippen molar-refractivity contribution in [2.75, 3.05) is 7.11 Å². The summed E-state index contributed by atoms with van der Waals surface area (Å²) < 4.78 is 7.28. The van der Waals surface area contributed by atoms with Crippen LogP contribution in [0.1, 0.15) is 21.6 Å². The lowest BCUT2D eigenvalue weighted by Crippen LogP contribution is -2.22. The molecule has 134 valence electrons. The molecule has 0 aliphatic heterocycles. The Morgan fingerprint density at radius 3 is 2.65 bits per heavy atom. The van der Waals surface area contributed by atoms with Crippen molar-refractivity contribution in [3.8, 4) is 11.4 Å². The Kier molecular flexibility index (Phi) is 5.49. The van der Waals surface area contributed by atoms with Crippen LogP contribution in [0, 0.1) is 6.92 Å². The molecule has 3 aromatic rings. The largest absolute Gasteiger partial charge is 0.495 e. The summed E-state index contributed by atoms with van der Waals surface area (Å²) >= 11 is 11.9. The van der Waals surface area contributed by atoms with Crippen molar-refractivity contribution in [1.82, 2.24) is 14.9 Å². The average Bonchev–Trinajstić information content (AvgIpc) is 3.08. The Labute approximate surface area is 161 Å². The molecule has 1 N–H and O–H groups in total. The third kappa shape index (κ3) is 4.00. The second-order valence-electron chi connectivity index (χ2n) is 5.74. The average molecular weight is 390 g/mol. The maximum absolute atomic E-state index is 12.4. The fourth-order valence-electron chi connectivity index (χ4n) is 2.52. The summed E-state index contributed by atoms with van der Waals surface area (Å²) in [6.45, 7) is 2.26. The minimum atomic E-state index is -0.206. The van der Waals surface area contributed by atoms with Crippen LogP contribution < -0.4 is 10.1 Å². The Morgan fingerprint density at radius 2 is 2.00 bits per heavy atom. The van der Waals surface area contributed by atoms with Crippen molar-refractivity contribution in [2.24, 2.45) is 0 Å². The van der Waals surface area contributed by atoms with Gasteiger partial charge >= 0.3 is 0 Å². The van der Waals surface area contributed by atoms with Gasteiger partial charge in [0.1, 0.15) is 5.75 Å². The normalized spacial score (nSPS) is 10.6. The van der Waals surface area contributed by atoms with E-state index < -0.39 is 0 Å². The number of methoxy groups -OCH3 is 1. The third-order valence-corrected chi connectivity index (χ3v) is 4.61. The number of carbonyl (C=O) groups is 1. The van der Waals surface area contributed by atoms with Crippen LogP contribution in [0.5, 0.6) is 5.75 Å². The molecule has 0 atom stereocenters. The number of hydrogen-bond acceptors (Lipinski definition) is 3. The van der Waals surface area contributed by atoms with Crippen LogP contribution in [0.3, 0.4) is 0 Å². The van der Waals surface area contributed by atoms with Crippen molar-refractivity contribution >= 4 is 29.1 Å². The molecule has 3 rings (SSSR count). The van der Waals surface area contributed by atoms with Crippen LogP contribution in [0.4, 0.5) is 0 Å². The van der Waals surface area contributed by atoms with Gasteiger partial charge in [0.2, 0.25) is 0 Å². The van der Waals surface area contributed by atoms with Gasteiger partial charge in [0.25, 0.3) is 5.91 Å². The SMILES string of the molecule is COc1cc(C(=O)NCc2ccc(Cl)c(Cl)c2)ccc1-n1cnc(C)c1. The van der Waals surface area contributed by atoms with Gasteiger partial charge in [0, 0.05) is 18.3 Å². The van der Waals surface area contributed by atoms with Crippen LogP contribution in [0.2, 0.25) is 10.0 Å². The molecule has 2 aromatic carbocycles. The maximum atomic E-state index is 12.4. The molecule has 5 nitrogen and oxygen atoms in total. The Hall–Kier alpha value is -2.50. The number of aromatic nitrogens is 2. The summed E-state index contributed by atoms with van der Waals surface area (Å²) in [5.41, 5.74) is 3.08. The van der Waals surface area contributed by atoms with E-state index in [9.17, 15) is 4.79 Å². The fraction of sp³-hybridized carbons (Fsp3) is 0.158. The smallest absolute Gasteiger partial charge is 0.251 e. The first-order valence-corrected chi connectivity index (χ1v) is 8.64. The highest BCUT2D eigenvalue weighted by molar-refractivity contribution is 6.42. The predicted octanol–water partition coefficient (Wildman–Crippen LogP) is 4.43. The van der Waals surface area contributed by atoms with Crippen LogP contribution in [0.15, 0.2) is 48.9 Å². The number of halogens is 2. The second-order valence-corrected chi connectivity index (χ2v) is 6.55. The number of carbonyl (C=O) groups excluding carboxylic acids is 1. The molecule has 0 bridgehead atoms. The first-order chi connectivity index (χ1) is 12.5. The molecule has 0 saturated heterocycles. The number of imidazole rings is 1. The predicted molar refractivity (Wildman–Crippen MR) is 102 cm³/mol. The topological polar surface area (TPSA) is 56.1 Å². The molecule has 0 saturated carbocycles. The second kappa shape index (κ2) is 7.81. The van der Waals surface area contributed by atoms with E-state index in [0.29, 0.717) is 27.9 Å². The van der Waals surface area contributed by atoms with E-state index in [4.69, 9.17) is 27.9 Å². The molecule has 0 unspecified atom stereocenters. The standard InChI is InChI=1S/C19H17Cl2N3O2/c1-12-10-24(11-23-12)17-6-4-14(8-18(17)26-2)19(25)22-9-13-3-5-15(20)16(21)7-13/h3-8,10-11H,9H2,1-2H3,(H,22,25). The molecule has 26 heavy (non-hydrogen) atoms. The van der Waals surface area contributed by atoms with Gasteiger partial charge in [0.15, 0.2) is 0 Å². The molecule has 1 aromatic heterocycles. The minimum absolute atomic E-state index is 0.206. The lowest BCUT2D eigenvalue weighted by atomic mass is 10.1. The number of nitrogens with one attached hydrogen (secondary N) is 1. The van der Waals surface area contributed by atoms with E-state index >= 15 is 0 Å². The van der Waals surface area contributed by atoms with Gasteiger partial charge in [-0.05, 0) is 42.8 Å². The van der Waals surface area contributed by atoms with Crippen molar-refractivity contribution < 1.29 is 9.53 Å². The van der Waals surface area contributed by atoms with E-state index in [0.717, 1.165) is 16.9 Å². The summed E-state index contributed by atoms with van der Waals surface area (Å²) in [5.74, 6) is 0.382. The van der Waals surface area contributed by atoms with Gasteiger partial charge < -0.3 is 14.6 Å². The summed E-state index contributed by atoms with van der Waals surface area (Å²) in [5, 5.41) is 3.80. The molecule has 1 heterocycles. The number of hydrogen-bond donors (Lipinski definition) is 1. The number of rotatable bonds is 5. The van der Waals surface area contributed by atoms with Crippen molar-refractivity contribution in [3.05, 3.63) is 75.8 Å². The van der Waals surface area contributed by atoms with E-state index in [-0.39, 0.29) is 5.91 Å². The first-order valence-electron chi connectivity index (χ1n) is 7.89. The quantitative estimate of drug-likeness (QED) is 0.702. The Bertz CT molecular complexity index is 954. The molecule has 0 spiro atoms. The van der Waals surface area contributed by atoms with Gasteiger partial charge in [-0.3, -0.25) is 4.79 Å². The third-order valence-electron chi connectivity index (χ3n) is 3.87. The van der Waals surface area contributed by atoms with Gasteiger partial charge in [-0.1, -0.05) is 29.3 Å². The lowest BCUT2D eigenvalue weighted by molar-refractivity contribution is 0.0950. The van der Waals surface area contributed by atoms with E-state index in [1.54, 1.807) is 37.7 Å². The number of nitrogens with zero attached hydrogens (tertiary/aromatic N) is 2. The summed E-state index contributed by atoms with van der Waals surface area (Å²) in [7, 11) is 1.57. The summed E-state index contributed by atoms with van der Waals surface area (Å²) in [4.78, 5) is 16.7. The van der Waals surface area contributed by atoms with Crippen molar-refractivity contribution in [1.29, 1.82) is 0 Å². The molecule has 0 aliphatic rings. The molecule has 0 fully saturated rings. The zero-order valence-electron chi connectivity index (χ0n) is 14.3. The molecular formula is C19H17Cl2N3O2. The maximum Gasteiger partial charge on any atom is 0.251 e. The van der Waals surface area contributed by atoms with Gasteiger partial charge in [-0.2, -0.15) is 0 Å². The summed E-state index contributed by atoms with van der Waals surface area (Å²) in [6.07, 6.45) is 3.60. The van der Waals surface area contributed by atoms with Crippen LogP contribution >= 0.6 is 23.2 Å². The lowest BCUT2D eigenvalue weighted by Gasteiger charge is -2.12. The van der Waals surface area contributed by atoms with Crippen LogP contribution in [0.25, 0.3) is 5.69 Å². The number of benzene rings is 2. The molecule has 0 radical (unpaired) electrons. The number of amides is 1. The fourth-order valence-corrected chi connectivity index (χ4v) is 2.84. The number of ether oxygens (including phenoxy) is 1. The first kappa shape index (κ1) is 18.3. The molecular weight excluding hydrogens is 373 g/mol. The summed E-state index contributed by atoms with van der Waals surface area (Å²) in [6, 6.07) is 10.5. The van der Waals surface area contributed by atoms with Crippen LogP contribution in [-0.2, 0) is 6.54 Å². The monoisotopic (exact) mass is 389 g/mol. The van der Waals surface area contributed by atoms with Gasteiger partial charge in [0.05, 0.1) is 34.9 Å². The highest BCUT2D eigenvalue weighted by atomic mass is 35.5.